The van der Waals surface area contributed by atoms with Gasteiger partial charge in [0.2, 0.25) is 0 Å². The number of hydrogen-bond acceptors (Lipinski definition) is 1. The summed E-state index contributed by atoms with van der Waals surface area (Å²) in [6.07, 6.45) is 4.11. The Morgan fingerprint density at radius 2 is 2.33 bits per heavy atom. The highest BCUT2D eigenvalue weighted by Gasteiger charge is 2.20. The number of carbonyl (C=O) groups is 1. The molecule has 0 aromatic heterocycles. The molecule has 0 unspecified atom stereocenters. The van der Waals surface area contributed by atoms with Gasteiger partial charge in [-0.05, 0) is 18.8 Å². The summed E-state index contributed by atoms with van der Waals surface area (Å²) in [5.74, 6) is 1.42. The molecule has 1 saturated carbocycles. The fraction of sp³-hybridized carbons (Fsp3) is 0.600. The highest BCUT2D eigenvalue weighted by atomic mass is 16.1. The highest BCUT2D eigenvalue weighted by molar-refractivity contribution is 5.54. The van der Waals surface area contributed by atoms with E-state index in [9.17, 15) is 4.79 Å². The van der Waals surface area contributed by atoms with E-state index < -0.39 is 0 Å². The van der Waals surface area contributed by atoms with E-state index in [1.54, 1.807) is 0 Å². The SMILES string of the molecule is O=CC[C]1CC1. The van der Waals surface area contributed by atoms with E-state index in [0.29, 0.717) is 0 Å². The van der Waals surface area contributed by atoms with Crippen LogP contribution >= 0.6 is 0 Å². The Balaban J connectivity index is 2.00. The van der Waals surface area contributed by atoms with Gasteiger partial charge in [0.25, 0.3) is 0 Å². The molecule has 0 amide bonds. The maximum atomic E-state index is 9.63. The largest absolute Gasteiger partial charge is 0.303 e. The van der Waals surface area contributed by atoms with Gasteiger partial charge in [0.15, 0.2) is 0 Å². The maximum absolute atomic E-state index is 9.63. The summed E-state index contributed by atoms with van der Waals surface area (Å²) in [5.41, 5.74) is 0. The van der Waals surface area contributed by atoms with E-state index in [0.717, 1.165) is 12.7 Å². The number of rotatable bonds is 2. The fourth-order valence-electron chi connectivity index (χ4n) is 0.410. The molecule has 0 saturated heterocycles. The molecule has 0 bridgehead atoms. The second kappa shape index (κ2) is 1.41. The predicted molar refractivity (Wildman–Crippen MR) is 23.2 cm³/mol. The lowest BCUT2D eigenvalue weighted by Crippen LogP contribution is -1.70. The molecule has 0 N–H and O–H groups in total. The van der Waals surface area contributed by atoms with E-state index in [2.05, 4.69) is 0 Å². The molecule has 0 aromatic rings. The normalized spacial score (nSPS) is 20.7. The number of carbonyl (C=O) groups excluding carboxylic acids is 1. The second-order valence-electron chi connectivity index (χ2n) is 1.62. The molecule has 1 aliphatic rings. The molecule has 0 aliphatic heterocycles. The minimum atomic E-state index is 0.722. The fourth-order valence-corrected chi connectivity index (χ4v) is 0.410. The Morgan fingerprint density at radius 1 is 1.67 bits per heavy atom. The van der Waals surface area contributed by atoms with Crippen molar-refractivity contribution in [3.63, 3.8) is 0 Å². The average Bonchev–Trinajstić information content (AvgIpc) is 2.21. The minimum absolute atomic E-state index is 0.722. The Labute approximate surface area is 37.4 Å². The van der Waals surface area contributed by atoms with Crippen LogP contribution in [0.15, 0.2) is 0 Å². The first-order chi connectivity index (χ1) is 2.93. The highest BCUT2D eigenvalue weighted by Crippen LogP contribution is 2.33. The molecule has 33 valence electrons. The van der Waals surface area contributed by atoms with E-state index in [4.69, 9.17) is 0 Å². The summed E-state index contributed by atoms with van der Waals surface area (Å²) >= 11 is 0. The first kappa shape index (κ1) is 3.85. The van der Waals surface area contributed by atoms with E-state index in [-0.39, 0.29) is 0 Å². The zero-order valence-corrected chi connectivity index (χ0v) is 3.61. The number of aldehydes is 1. The van der Waals surface area contributed by atoms with Gasteiger partial charge in [-0.1, -0.05) is 0 Å². The summed E-state index contributed by atoms with van der Waals surface area (Å²) in [4.78, 5) is 9.63. The van der Waals surface area contributed by atoms with Crippen LogP contribution in [0.25, 0.3) is 0 Å². The van der Waals surface area contributed by atoms with Gasteiger partial charge < -0.3 is 4.79 Å². The van der Waals surface area contributed by atoms with Gasteiger partial charge in [0, 0.05) is 6.42 Å². The zero-order chi connectivity index (χ0) is 4.41. The van der Waals surface area contributed by atoms with Gasteiger partial charge in [-0.25, -0.2) is 0 Å². The van der Waals surface area contributed by atoms with Gasteiger partial charge in [-0.2, -0.15) is 0 Å². The Hall–Kier alpha value is -0.330. The van der Waals surface area contributed by atoms with Gasteiger partial charge in [0.05, 0.1) is 0 Å². The van der Waals surface area contributed by atoms with Gasteiger partial charge in [-0.15, -0.1) is 0 Å². The summed E-state index contributed by atoms with van der Waals surface area (Å²) in [6, 6.07) is 0. The smallest absolute Gasteiger partial charge is 0.120 e. The van der Waals surface area contributed by atoms with Crippen molar-refractivity contribution in [1.29, 1.82) is 0 Å². The van der Waals surface area contributed by atoms with Crippen LogP contribution in [-0.4, -0.2) is 6.29 Å². The molecule has 1 fully saturated rings. The third kappa shape index (κ3) is 0.814. The Morgan fingerprint density at radius 3 is 2.50 bits per heavy atom. The van der Waals surface area contributed by atoms with Crippen molar-refractivity contribution < 1.29 is 4.79 Å². The monoisotopic (exact) mass is 83.0 g/mol. The third-order valence-electron chi connectivity index (χ3n) is 0.976. The summed E-state index contributed by atoms with van der Waals surface area (Å²) in [7, 11) is 0. The van der Waals surface area contributed by atoms with Crippen molar-refractivity contribution in [2.24, 2.45) is 0 Å². The van der Waals surface area contributed by atoms with Gasteiger partial charge in [0.1, 0.15) is 6.29 Å². The average molecular weight is 83.1 g/mol. The molecule has 1 aliphatic carbocycles. The quantitative estimate of drug-likeness (QED) is 0.454. The molecule has 1 radical (unpaired) electrons. The molecular weight excluding hydrogens is 76.1 g/mol. The van der Waals surface area contributed by atoms with E-state index in [1.165, 1.54) is 18.8 Å². The van der Waals surface area contributed by atoms with Crippen LogP contribution < -0.4 is 0 Å². The Kier molecular flexibility index (Phi) is 0.906. The van der Waals surface area contributed by atoms with Crippen LogP contribution in [0.3, 0.4) is 0 Å². The summed E-state index contributed by atoms with van der Waals surface area (Å²) < 4.78 is 0. The number of hydrogen-bond donors (Lipinski definition) is 0. The lowest BCUT2D eigenvalue weighted by molar-refractivity contribution is -0.107. The van der Waals surface area contributed by atoms with E-state index in [1.807, 2.05) is 0 Å². The van der Waals surface area contributed by atoms with Crippen molar-refractivity contribution >= 4 is 6.29 Å². The van der Waals surface area contributed by atoms with Crippen LogP contribution in [0.1, 0.15) is 19.3 Å². The van der Waals surface area contributed by atoms with Crippen molar-refractivity contribution in [1.82, 2.24) is 0 Å². The topological polar surface area (TPSA) is 17.1 Å². The van der Waals surface area contributed by atoms with Crippen LogP contribution in [0, 0.1) is 5.92 Å². The summed E-state index contributed by atoms with van der Waals surface area (Å²) in [5, 5.41) is 0. The molecule has 0 aromatic carbocycles. The Bertz CT molecular complexity index is 55.0. The maximum Gasteiger partial charge on any atom is 0.120 e. The van der Waals surface area contributed by atoms with Gasteiger partial charge in [-0.3, -0.25) is 0 Å². The van der Waals surface area contributed by atoms with Crippen LogP contribution in [-0.2, 0) is 4.79 Å². The van der Waals surface area contributed by atoms with E-state index >= 15 is 0 Å². The lowest BCUT2D eigenvalue weighted by atomic mass is 10.3. The lowest BCUT2D eigenvalue weighted by Gasteiger charge is -1.72. The van der Waals surface area contributed by atoms with Crippen LogP contribution in [0.4, 0.5) is 0 Å². The van der Waals surface area contributed by atoms with Crippen molar-refractivity contribution in [3.8, 4) is 0 Å². The van der Waals surface area contributed by atoms with Crippen molar-refractivity contribution in [2.75, 3.05) is 0 Å². The standard InChI is InChI=1S/C5H7O/c6-4-3-5-1-2-5/h4H,1-3H2. The van der Waals surface area contributed by atoms with Crippen LogP contribution in [0.5, 0.6) is 0 Å². The molecule has 6 heavy (non-hydrogen) atoms. The zero-order valence-electron chi connectivity index (χ0n) is 3.61. The third-order valence-corrected chi connectivity index (χ3v) is 0.976. The first-order valence-corrected chi connectivity index (χ1v) is 2.20. The summed E-state index contributed by atoms with van der Waals surface area (Å²) in [6.45, 7) is 0. The first-order valence-electron chi connectivity index (χ1n) is 2.20. The molecule has 1 heteroatoms. The molecule has 1 nitrogen and oxygen atoms in total. The van der Waals surface area contributed by atoms with Crippen molar-refractivity contribution in [3.05, 3.63) is 5.92 Å². The minimum Gasteiger partial charge on any atom is -0.303 e. The molecule has 0 heterocycles. The molecular formula is C5H7O. The molecule has 0 atom stereocenters. The van der Waals surface area contributed by atoms with Crippen molar-refractivity contribution in [2.45, 2.75) is 19.3 Å². The molecule has 0 spiro atoms. The predicted octanol–water partition coefficient (Wildman–Crippen LogP) is 0.944. The molecule has 1 rings (SSSR count). The van der Waals surface area contributed by atoms with Crippen LogP contribution in [0.2, 0.25) is 0 Å². The second-order valence-corrected chi connectivity index (χ2v) is 1.62. The van der Waals surface area contributed by atoms with Gasteiger partial charge >= 0.3 is 0 Å².